The zero-order valence-electron chi connectivity index (χ0n) is 10.8. The van der Waals surface area contributed by atoms with Crippen molar-refractivity contribution in [2.45, 2.75) is 39.7 Å². The Morgan fingerprint density at radius 2 is 1.94 bits per heavy atom. The van der Waals surface area contributed by atoms with E-state index in [0.717, 1.165) is 5.84 Å². The molecule has 0 fully saturated rings. The number of aliphatic imine (C=N–C) groups is 1. The fourth-order valence-electron chi connectivity index (χ4n) is 1.89. The molecular formula is C14H18N2O. The molecule has 0 radical (unpaired) electrons. The van der Waals surface area contributed by atoms with Crippen LogP contribution in [0.25, 0.3) is 0 Å². The lowest BCUT2D eigenvalue weighted by atomic mass is 10.0. The van der Waals surface area contributed by atoms with Crippen LogP contribution in [0.15, 0.2) is 23.2 Å². The molecule has 1 amide bonds. The van der Waals surface area contributed by atoms with Crippen molar-refractivity contribution < 1.29 is 4.79 Å². The Morgan fingerprint density at radius 1 is 1.24 bits per heavy atom. The zero-order chi connectivity index (χ0) is 12.6. The van der Waals surface area contributed by atoms with E-state index in [4.69, 9.17) is 0 Å². The maximum Gasteiger partial charge on any atom is 0.252 e. The van der Waals surface area contributed by atoms with Gasteiger partial charge in [0.05, 0.1) is 0 Å². The molecule has 3 nitrogen and oxygen atoms in total. The molecular weight excluding hydrogens is 212 g/mol. The maximum absolute atomic E-state index is 11.6. The molecule has 0 saturated heterocycles. The van der Waals surface area contributed by atoms with Crippen LogP contribution in [0.4, 0.5) is 0 Å². The Bertz CT molecular complexity index is 501. The summed E-state index contributed by atoms with van der Waals surface area (Å²) in [6.45, 7) is 7.85. The number of amides is 1. The Morgan fingerprint density at radius 3 is 2.47 bits per heavy atom. The first-order valence-corrected chi connectivity index (χ1v) is 5.85. The van der Waals surface area contributed by atoms with E-state index in [-0.39, 0.29) is 5.91 Å². The molecule has 0 saturated carbocycles. The summed E-state index contributed by atoms with van der Waals surface area (Å²) in [5, 5.41) is 2.84. The van der Waals surface area contributed by atoms with Crippen LogP contribution in [0.5, 0.6) is 0 Å². The highest BCUT2D eigenvalue weighted by Crippen LogP contribution is 2.17. The Hall–Kier alpha value is -1.64. The molecule has 0 unspecified atom stereocenters. The molecule has 1 N–H and O–H groups in total. The average Bonchev–Trinajstić information content (AvgIpc) is 2.46. The van der Waals surface area contributed by atoms with E-state index in [9.17, 15) is 4.79 Å². The summed E-state index contributed by atoms with van der Waals surface area (Å²) in [4.78, 5) is 16.0. The number of benzene rings is 1. The Balaban J connectivity index is 2.18. The van der Waals surface area contributed by atoms with Gasteiger partial charge in [0.2, 0.25) is 0 Å². The first kappa shape index (κ1) is 11.8. The highest BCUT2D eigenvalue weighted by molar-refractivity contribution is 6.08. The molecule has 0 spiro atoms. The largest absolute Gasteiger partial charge is 0.312 e. The van der Waals surface area contributed by atoms with Crippen molar-refractivity contribution in [3.05, 3.63) is 34.9 Å². The number of carbonyl (C=O) groups is 1. The van der Waals surface area contributed by atoms with Crippen molar-refractivity contribution in [3.8, 4) is 0 Å². The minimum atomic E-state index is -0.616. The molecule has 1 aromatic carbocycles. The van der Waals surface area contributed by atoms with Gasteiger partial charge in [-0.25, -0.2) is 0 Å². The molecule has 1 aliphatic heterocycles. The number of nitrogens with one attached hydrogen (secondary N) is 1. The second-order valence-corrected chi connectivity index (χ2v) is 5.17. The van der Waals surface area contributed by atoms with E-state index in [1.807, 2.05) is 13.8 Å². The third kappa shape index (κ3) is 2.38. The van der Waals surface area contributed by atoms with Crippen molar-refractivity contribution in [2.24, 2.45) is 4.99 Å². The topological polar surface area (TPSA) is 41.5 Å². The highest BCUT2D eigenvalue weighted by Gasteiger charge is 2.33. The Labute approximate surface area is 102 Å². The van der Waals surface area contributed by atoms with E-state index in [1.165, 1.54) is 16.7 Å². The summed E-state index contributed by atoms with van der Waals surface area (Å²) >= 11 is 0. The third-order valence-electron chi connectivity index (χ3n) is 3.17. The smallest absolute Gasteiger partial charge is 0.252 e. The molecule has 2 rings (SSSR count). The molecule has 17 heavy (non-hydrogen) atoms. The first-order valence-electron chi connectivity index (χ1n) is 5.85. The van der Waals surface area contributed by atoms with Gasteiger partial charge in [-0.3, -0.25) is 9.79 Å². The van der Waals surface area contributed by atoms with Crippen LogP contribution in [0, 0.1) is 13.8 Å². The number of hydrogen-bond donors (Lipinski definition) is 1. The van der Waals surface area contributed by atoms with Gasteiger partial charge in [0.15, 0.2) is 0 Å². The summed E-state index contributed by atoms with van der Waals surface area (Å²) < 4.78 is 0. The number of hydrogen-bond acceptors (Lipinski definition) is 2. The van der Waals surface area contributed by atoms with E-state index < -0.39 is 5.54 Å². The van der Waals surface area contributed by atoms with Crippen LogP contribution in [0.3, 0.4) is 0 Å². The van der Waals surface area contributed by atoms with Gasteiger partial charge in [0.1, 0.15) is 11.4 Å². The van der Waals surface area contributed by atoms with Gasteiger partial charge in [-0.2, -0.15) is 0 Å². The van der Waals surface area contributed by atoms with Crippen LogP contribution in [0.2, 0.25) is 0 Å². The SMILES string of the molecule is Cc1ccc(CC2=NC(C)(C)C(=O)N2)cc1C. The second-order valence-electron chi connectivity index (χ2n) is 5.17. The maximum atomic E-state index is 11.6. The van der Waals surface area contributed by atoms with Gasteiger partial charge < -0.3 is 5.32 Å². The summed E-state index contributed by atoms with van der Waals surface area (Å²) in [7, 11) is 0. The molecule has 1 aromatic rings. The van der Waals surface area contributed by atoms with E-state index in [0.29, 0.717) is 6.42 Å². The fraction of sp³-hybridized carbons (Fsp3) is 0.429. The van der Waals surface area contributed by atoms with Crippen molar-refractivity contribution >= 4 is 11.7 Å². The van der Waals surface area contributed by atoms with Gasteiger partial charge >= 0.3 is 0 Å². The van der Waals surface area contributed by atoms with Crippen LogP contribution >= 0.6 is 0 Å². The molecule has 0 bridgehead atoms. The molecule has 0 aliphatic carbocycles. The summed E-state index contributed by atoms with van der Waals surface area (Å²) in [6, 6.07) is 6.34. The normalized spacial score (nSPS) is 17.9. The molecule has 0 atom stereocenters. The predicted molar refractivity (Wildman–Crippen MR) is 69.3 cm³/mol. The third-order valence-corrected chi connectivity index (χ3v) is 3.17. The van der Waals surface area contributed by atoms with Gasteiger partial charge in [0, 0.05) is 6.42 Å². The lowest BCUT2D eigenvalue weighted by Crippen LogP contribution is -2.34. The van der Waals surface area contributed by atoms with Gasteiger partial charge in [0.25, 0.3) is 5.91 Å². The van der Waals surface area contributed by atoms with Gasteiger partial charge in [-0.15, -0.1) is 0 Å². The zero-order valence-corrected chi connectivity index (χ0v) is 10.8. The molecule has 1 aliphatic rings. The predicted octanol–water partition coefficient (Wildman–Crippen LogP) is 2.15. The fourth-order valence-corrected chi connectivity index (χ4v) is 1.89. The van der Waals surface area contributed by atoms with Gasteiger partial charge in [-0.1, -0.05) is 18.2 Å². The van der Waals surface area contributed by atoms with E-state index in [2.05, 4.69) is 42.4 Å². The first-order chi connectivity index (χ1) is 7.88. The van der Waals surface area contributed by atoms with Crippen molar-refractivity contribution in [3.63, 3.8) is 0 Å². The van der Waals surface area contributed by atoms with E-state index in [1.54, 1.807) is 0 Å². The Kier molecular flexibility index (Phi) is 2.77. The lowest BCUT2D eigenvalue weighted by Gasteiger charge is -2.07. The standard InChI is InChI=1S/C14H18N2O/c1-9-5-6-11(7-10(9)2)8-12-15-13(17)14(3,4)16-12/h5-7H,8H2,1-4H3,(H,15,16,17). The summed E-state index contributed by atoms with van der Waals surface area (Å²) in [5.74, 6) is 0.750. The summed E-state index contributed by atoms with van der Waals surface area (Å²) in [5.41, 5.74) is 3.12. The lowest BCUT2D eigenvalue weighted by molar-refractivity contribution is -0.122. The quantitative estimate of drug-likeness (QED) is 0.831. The number of rotatable bonds is 2. The van der Waals surface area contributed by atoms with E-state index >= 15 is 0 Å². The number of amidine groups is 1. The molecule has 90 valence electrons. The summed E-state index contributed by atoms with van der Waals surface area (Å²) in [6.07, 6.45) is 0.691. The van der Waals surface area contributed by atoms with Crippen LogP contribution < -0.4 is 5.32 Å². The second kappa shape index (κ2) is 3.99. The highest BCUT2D eigenvalue weighted by atomic mass is 16.2. The number of carbonyl (C=O) groups excluding carboxylic acids is 1. The molecule has 0 aromatic heterocycles. The van der Waals surface area contributed by atoms with Crippen molar-refractivity contribution in [2.75, 3.05) is 0 Å². The minimum absolute atomic E-state index is 0.0173. The molecule has 3 heteroatoms. The number of nitrogens with zero attached hydrogens (tertiary/aromatic N) is 1. The monoisotopic (exact) mass is 230 g/mol. The van der Waals surface area contributed by atoms with Crippen LogP contribution in [0.1, 0.15) is 30.5 Å². The number of aryl methyl sites for hydroxylation is 2. The average molecular weight is 230 g/mol. The van der Waals surface area contributed by atoms with Crippen molar-refractivity contribution in [1.29, 1.82) is 0 Å². The van der Waals surface area contributed by atoms with Gasteiger partial charge in [-0.05, 0) is 44.4 Å². The van der Waals surface area contributed by atoms with Crippen LogP contribution in [-0.2, 0) is 11.2 Å². The van der Waals surface area contributed by atoms with Crippen molar-refractivity contribution in [1.82, 2.24) is 5.32 Å². The minimum Gasteiger partial charge on any atom is -0.312 e. The van der Waals surface area contributed by atoms with Crippen LogP contribution in [-0.4, -0.2) is 17.3 Å². The molecule has 1 heterocycles.